The maximum atomic E-state index is 6.10. The largest absolute Gasteiger partial charge is 0.402 e. The summed E-state index contributed by atoms with van der Waals surface area (Å²) in [4.78, 5) is 0. The van der Waals surface area contributed by atoms with E-state index in [9.17, 15) is 0 Å². The lowest BCUT2D eigenvalue weighted by Crippen LogP contribution is -2.33. The molecular formula is C25H30N2. The second-order valence-corrected chi connectivity index (χ2v) is 8.07. The molecule has 0 amide bonds. The number of allylic oxidation sites excluding steroid dienone is 8. The van der Waals surface area contributed by atoms with Crippen LogP contribution < -0.4 is 11.1 Å². The van der Waals surface area contributed by atoms with Crippen molar-refractivity contribution in [3.8, 4) is 0 Å². The van der Waals surface area contributed by atoms with E-state index in [1.54, 1.807) is 5.57 Å². The maximum absolute atomic E-state index is 6.10. The number of nitrogens with two attached hydrogens (primary N) is 1. The van der Waals surface area contributed by atoms with Crippen LogP contribution in [0.1, 0.15) is 44.6 Å². The summed E-state index contributed by atoms with van der Waals surface area (Å²) < 4.78 is 0. The van der Waals surface area contributed by atoms with E-state index in [1.165, 1.54) is 42.4 Å². The predicted molar refractivity (Wildman–Crippen MR) is 115 cm³/mol. The maximum Gasteiger partial charge on any atom is 0.0401 e. The zero-order valence-electron chi connectivity index (χ0n) is 16.2. The first-order chi connectivity index (χ1) is 13.2. The van der Waals surface area contributed by atoms with E-state index >= 15 is 0 Å². The summed E-state index contributed by atoms with van der Waals surface area (Å²) >= 11 is 0. The zero-order chi connectivity index (χ0) is 18.7. The molecule has 0 spiro atoms. The van der Waals surface area contributed by atoms with E-state index in [4.69, 9.17) is 5.73 Å². The van der Waals surface area contributed by atoms with E-state index in [-0.39, 0.29) is 5.54 Å². The Morgan fingerprint density at radius 2 is 2.00 bits per heavy atom. The van der Waals surface area contributed by atoms with Crippen LogP contribution in [0.2, 0.25) is 0 Å². The molecule has 2 nitrogen and oxygen atoms in total. The lowest BCUT2D eigenvalue weighted by molar-refractivity contribution is 0.577. The molecule has 4 rings (SSSR count). The standard InChI is InChI=1S/C25H30N2/c1-19-18-21(12-13-24(19)26)23(20-8-4-2-5-9-20)14-17-27-25(15-16-25)22-10-6-3-7-11-22/h2-6,8-10,12-14,19,27H,7,11,15-18,26H2,1H3/b23-14+. The first-order valence-corrected chi connectivity index (χ1v) is 10.2. The third-order valence-electron chi connectivity index (χ3n) is 6.13. The van der Waals surface area contributed by atoms with Gasteiger partial charge in [0.1, 0.15) is 0 Å². The van der Waals surface area contributed by atoms with Crippen LogP contribution in [0.3, 0.4) is 0 Å². The molecule has 0 aliphatic heterocycles. The Balaban J connectivity index is 1.55. The molecule has 0 bridgehead atoms. The average molecular weight is 359 g/mol. The summed E-state index contributed by atoms with van der Waals surface area (Å²) in [7, 11) is 0. The van der Waals surface area contributed by atoms with E-state index in [1.807, 2.05) is 0 Å². The minimum absolute atomic E-state index is 0.252. The molecule has 0 radical (unpaired) electrons. The van der Waals surface area contributed by atoms with Gasteiger partial charge in [0, 0.05) is 17.8 Å². The van der Waals surface area contributed by atoms with Crippen LogP contribution in [0.4, 0.5) is 0 Å². The van der Waals surface area contributed by atoms with Crippen molar-refractivity contribution in [2.75, 3.05) is 6.54 Å². The highest BCUT2D eigenvalue weighted by Crippen LogP contribution is 2.45. The van der Waals surface area contributed by atoms with Crippen molar-refractivity contribution < 1.29 is 0 Å². The number of hydrogen-bond donors (Lipinski definition) is 2. The second kappa shape index (κ2) is 7.74. The molecule has 3 aliphatic rings. The first kappa shape index (κ1) is 18.1. The number of rotatable bonds is 6. The van der Waals surface area contributed by atoms with Gasteiger partial charge >= 0.3 is 0 Å². The van der Waals surface area contributed by atoms with Gasteiger partial charge in [-0.25, -0.2) is 0 Å². The molecule has 1 aromatic rings. The van der Waals surface area contributed by atoms with Crippen molar-refractivity contribution in [2.24, 2.45) is 11.7 Å². The second-order valence-electron chi connectivity index (χ2n) is 8.07. The molecule has 1 unspecified atom stereocenters. The summed E-state index contributed by atoms with van der Waals surface area (Å²) in [5.74, 6) is 0.402. The fraction of sp³-hybridized carbons (Fsp3) is 0.360. The molecule has 1 atom stereocenters. The van der Waals surface area contributed by atoms with Crippen LogP contribution in [0.5, 0.6) is 0 Å². The molecule has 1 fully saturated rings. The van der Waals surface area contributed by atoms with E-state index in [2.05, 4.69) is 79.0 Å². The SMILES string of the molecule is CC1CC(/C(=C/CNC2(C3=CC=CCC3)CC2)c2ccccc2)=CC=C1N. The molecule has 3 aliphatic carbocycles. The topological polar surface area (TPSA) is 38.0 Å². The molecule has 2 heteroatoms. The Hall–Kier alpha value is -2.32. The average Bonchev–Trinajstić information content (AvgIpc) is 3.50. The highest BCUT2D eigenvalue weighted by atomic mass is 15.0. The summed E-state index contributed by atoms with van der Waals surface area (Å²) in [6.45, 7) is 3.11. The molecular weight excluding hydrogens is 328 g/mol. The van der Waals surface area contributed by atoms with Crippen LogP contribution in [0.25, 0.3) is 5.57 Å². The summed E-state index contributed by atoms with van der Waals surface area (Å²) in [5, 5.41) is 3.85. The van der Waals surface area contributed by atoms with Gasteiger partial charge in [-0.2, -0.15) is 0 Å². The quantitative estimate of drug-likeness (QED) is 0.726. The van der Waals surface area contributed by atoms with Gasteiger partial charge in [0.2, 0.25) is 0 Å². The van der Waals surface area contributed by atoms with Crippen molar-refractivity contribution in [3.63, 3.8) is 0 Å². The van der Waals surface area contributed by atoms with Gasteiger partial charge in [-0.3, -0.25) is 0 Å². The molecule has 140 valence electrons. The van der Waals surface area contributed by atoms with Crippen molar-refractivity contribution in [1.29, 1.82) is 0 Å². The molecule has 3 N–H and O–H groups in total. The molecule has 0 saturated heterocycles. The highest BCUT2D eigenvalue weighted by molar-refractivity contribution is 5.80. The van der Waals surface area contributed by atoms with Gasteiger partial charge in [0.05, 0.1) is 0 Å². The number of hydrogen-bond acceptors (Lipinski definition) is 2. The van der Waals surface area contributed by atoms with Gasteiger partial charge in [-0.15, -0.1) is 0 Å². The Morgan fingerprint density at radius 1 is 1.19 bits per heavy atom. The first-order valence-electron chi connectivity index (χ1n) is 10.2. The monoisotopic (exact) mass is 358 g/mol. The molecule has 0 heterocycles. The minimum atomic E-state index is 0.252. The number of nitrogens with one attached hydrogen (secondary N) is 1. The van der Waals surface area contributed by atoms with Crippen molar-refractivity contribution in [3.05, 3.63) is 89.2 Å². The lowest BCUT2D eigenvalue weighted by Gasteiger charge is -2.24. The molecule has 27 heavy (non-hydrogen) atoms. The molecule has 1 aromatic carbocycles. The van der Waals surface area contributed by atoms with Crippen LogP contribution in [-0.2, 0) is 0 Å². The summed E-state index contributed by atoms with van der Waals surface area (Å²) in [5.41, 5.74) is 12.9. The van der Waals surface area contributed by atoms with Crippen molar-refractivity contribution in [2.45, 2.75) is 44.6 Å². The van der Waals surface area contributed by atoms with Crippen molar-refractivity contribution in [1.82, 2.24) is 5.32 Å². The van der Waals surface area contributed by atoms with E-state index < -0.39 is 0 Å². The van der Waals surface area contributed by atoms with Gasteiger partial charge in [0.15, 0.2) is 0 Å². The van der Waals surface area contributed by atoms with Crippen LogP contribution in [-0.4, -0.2) is 12.1 Å². The zero-order valence-corrected chi connectivity index (χ0v) is 16.2. The Labute approximate surface area is 163 Å². The van der Waals surface area contributed by atoms with Crippen LogP contribution in [0.15, 0.2) is 83.6 Å². The van der Waals surface area contributed by atoms with Gasteiger partial charge < -0.3 is 11.1 Å². The summed E-state index contributed by atoms with van der Waals surface area (Å²) in [6, 6.07) is 10.7. The minimum Gasteiger partial charge on any atom is -0.402 e. The summed E-state index contributed by atoms with van der Waals surface area (Å²) in [6.07, 6.45) is 19.4. The smallest absolute Gasteiger partial charge is 0.0401 e. The Kier molecular flexibility index (Phi) is 5.18. The van der Waals surface area contributed by atoms with Gasteiger partial charge in [-0.1, -0.05) is 67.6 Å². The number of benzene rings is 1. The predicted octanol–water partition coefficient (Wildman–Crippen LogP) is 5.28. The third kappa shape index (κ3) is 4.01. The Morgan fingerprint density at radius 3 is 2.67 bits per heavy atom. The fourth-order valence-corrected chi connectivity index (χ4v) is 4.21. The molecule has 0 aromatic heterocycles. The lowest BCUT2D eigenvalue weighted by atomic mass is 9.86. The van der Waals surface area contributed by atoms with Crippen LogP contribution in [0, 0.1) is 5.92 Å². The fourth-order valence-electron chi connectivity index (χ4n) is 4.21. The van der Waals surface area contributed by atoms with E-state index in [0.717, 1.165) is 18.7 Å². The molecule has 1 saturated carbocycles. The normalized spacial score (nSPS) is 24.1. The van der Waals surface area contributed by atoms with Gasteiger partial charge in [0.25, 0.3) is 0 Å². The van der Waals surface area contributed by atoms with Crippen LogP contribution >= 0.6 is 0 Å². The van der Waals surface area contributed by atoms with Gasteiger partial charge in [-0.05, 0) is 66.4 Å². The Bertz CT molecular complexity index is 832. The third-order valence-corrected chi connectivity index (χ3v) is 6.13. The highest BCUT2D eigenvalue weighted by Gasteiger charge is 2.44. The van der Waals surface area contributed by atoms with E-state index in [0.29, 0.717) is 5.92 Å². The van der Waals surface area contributed by atoms with Crippen molar-refractivity contribution >= 4 is 5.57 Å².